The molecule has 1 amide bonds. The zero-order valence-corrected chi connectivity index (χ0v) is 15.4. The van der Waals surface area contributed by atoms with Gasteiger partial charge >= 0.3 is 5.97 Å². The smallest absolute Gasteiger partial charge is 0.339 e. The number of amides is 1. The van der Waals surface area contributed by atoms with Crippen LogP contribution in [0.2, 0.25) is 0 Å². The predicted molar refractivity (Wildman–Crippen MR) is 96.6 cm³/mol. The van der Waals surface area contributed by atoms with Crippen molar-refractivity contribution >= 4 is 27.8 Å². The molecule has 25 heavy (non-hydrogen) atoms. The van der Waals surface area contributed by atoms with Gasteiger partial charge in [-0.05, 0) is 46.1 Å². The van der Waals surface area contributed by atoms with Crippen LogP contribution in [0, 0.1) is 5.82 Å². The molecule has 4 nitrogen and oxygen atoms in total. The molecule has 0 aliphatic rings. The lowest BCUT2D eigenvalue weighted by atomic mass is 10.0. The molecule has 132 valence electrons. The van der Waals surface area contributed by atoms with Gasteiger partial charge in [0, 0.05) is 4.47 Å². The van der Waals surface area contributed by atoms with Gasteiger partial charge in [-0.15, -0.1) is 0 Å². The average Bonchev–Trinajstić information content (AvgIpc) is 2.62. The summed E-state index contributed by atoms with van der Waals surface area (Å²) in [5.74, 6) is -1.71. The van der Waals surface area contributed by atoms with E-state index in [0.717, 1.165) is 24.5 Å². The van der Waals surface area contributed by atoms with E-state index in [2.05, 4.69) is 21.2 Å². The van der Waals surface area contributed by atoms with Gasteiger partial charge in [-0.2, -0.15) is 0 Å². The minimum atomic E-state index is -0.756. The Hall–Kier alpha value is -2.21. The summed E-state index contributed by atoms with van der Waals surface area (Å²) in [6.07, 6.45) is 1.68. The van der Waals surface area contributed by atoms with E-state index < -0.39 is 24.3 Å². The largest absolute Gasteiger partial charge is 0.452 e. The van der Waals surface area contributed by atoms with Crippen LogP contribution in [-0.2, 0) is 9.53 Å². The zero-order valence-electron chi connectivity index (χ0n) is 13.8. The molecule has 6 heteroatoms. The van der Waals surface area contributed by atoms with Crippen LogP contribution in [0.4, 0.5) is 4.39 Å². The van der Waals surface area contributed by atoms with Crippen LogP contribution in [0.25, 0.3) is 0 Å². The number of nitrogens with one attached hydrogen (secondary N) is 1. The van der Waals surface area contributed by atoms with Gasteiger partial charge in [0.2, 0.25) is 0 Å². The fourth-order valence-corrected chi connectivity index (χ4v) is 2.80. The molecule has 2 aromatic rings. The minimum Gasteiger partial charge on any atom is -0.452 e. The van der Waals surface area contributed by atoms with E-state index in [-0.39, 0.29) is 11.6 Å². The highest BCUT2D eigenvalue weighted by Crippen LogP contribution is 2.19. The van der Waals surface area contributed by atoms with Crippen molar-refractivity contribution in [3.8, 4) is 0 Å². The number of carbonyl (C=O) groups excluding carboxylic acids is 2. The zero-order chi connectivity index (χ0) is 18.2. The number of rotatable bonds is 7. The molecule has 2 aromatic carbocycles. The lowest BCUT2D eigenvalue weighted by molar-refractivity contribution is -0.125. The van der Waals surface area contributed by atoms with E-state index in [4.69, 9.17) is 4.74 Å². The number of esters is 1. The Morgan fingerprint density at radius 1 is 1.20 bits per heavy atom. The van der Waals surface area contributed by atoms with Gasteiger partial charge in [0.05, 0.1) is 11.6 Å². The molecule has 0 bridgehead atoms. The number of ether oxygens (including phenoxy) is 1. The van der Waals surface area contributed by atoms with E-state index in [1.807, 2.05) is 37.3 Å². The summed E-state index contributed by atoms with van der Waals surface area (Å²) < 4.78 is 18.6. The Morgan fingerprint density at radius 3 is 2.60 bits per heavy atom. The Bertz CT molecular complexity index is 737. The van der Waals surface area contributed by atoms with Gasteiger partial charge in [-0.25, -0.2) is 9.18 Å². The van der Waals surface area contributed by atoms with Crippen molar-refractivity contribution in [1.82, 2.24) is 5.32 Å². The van der Waals surface area contributed by atoms with Gasteiger partial charge in [0.1, 0.15) is 5.82 Å². The van der Waals surface area contributed by atoms with E-state index in [1.54, 1.807) is 0 Å². The van der Waals surface area contributed by atoms with E-state index in [9.17, 15) is 14.0 Å². The number of halogens is 2. The third kappa shape index (κ3) is 5.67. The molecule has 0 saturated heterocycles. The summed E-state index contributed by atoms with van der Waals surface area (Å²) in [6.45, 7) is 1.61. The molecule has 0 aliphatic heterocycles. The summed E-state index contributed by atoms with van der Waals surface area (Å²) in [5.41, 5.74) is 1.04. The SMILES string of the molecule is CCC[C@@H](NC(=O)COC(=O)c1cc(F)ccc1Br)c1ccccc1. The normalized spacial score (nSPS) is 11.6. The quantitative estimate of drug-likeness (QED) is 0.691. The molecule has 0 fully saturated rings. The van der Waals surface area contributed by atoms with Crippen LogP contribution in [-0.4, -0.2) is 18.5 Å². The second-order valence-electron chi connectivity index (χ2n) is 5.52. The molecule has 0 radical (unpaired) electrons. The van der Waals surface area contributed by atoms with Crippen molar-refractivity contribution in [1.29, 1.82) is 0 Å². The summed E-state index contributed by atoms with van der Waals surface area (Å²) in [4.78, 5) is 24.1. The Balaban J connectivity index is 1.94. The Kier molecular flexibility index (Phi) is 7.13. The van der Waals surface area contributed by atoms with Crippen molar-refractivity contribution in [2.75, 3.05) is 6.61 Å². The van der Waals surface area contributed by atoms with Gasteiger partial charge in [-0.3, -0.25) is 4.79 Å². The number of hydrogen-bond acceptors (Lipinski definition) is 3. The fraction of sp³-hybridized carbons (Fsp3) is 0.263. The van der Waals surface area contributed by atoms with Crippen molar-refractivity contribution in [3.63, 3.8) is 0 Å². The van der Waals surface area contributed by atoms with Crippen LogP contribution < -0.4 is 5.32 Å². The number of benzene rings is 2. The maximum Gasteiger partial charge on any atom is 0.339 e. The van der Waals surface area contributed by atoms with Crippen molar-refractivity contribution in [2.45, 2.75) is 25.8 Å². The van der Waals surface area contributed by atoms with Gasteiger partial charge < -0.3 is 10.1 Å². The van der Waals surface area contributed by atoms with Gasteiger partial charge in [0.25, 0.3) is 5.91 Å². The second-order valence-corrected chi connectivity index (χ2v) is 6.37. The maximum absolute atomic E-state index is 13.2. The summed E-state index contributed by atoms with van der Waals surface area (Å²) in [6, 6.07) is 13.2. The highest BCUT2D eigenvalue weighted by Gasteiger charge is 2.17. The Labute approximate surface area is 154 Å². The molecular weight excluding hydrogens is 389 g/mol. The average molecular weight is 408 g/mol. The topological polar surface area (TPSA) is 55.4 Å². The first-order valence-electron chi connectivity index (χ1n) is 7.97. The molecule has 0 spiro atoms. The molecule has 1 atom stereocenters. The second kappa shape index (κ2) is 9.32. The molecule has 0 heterocycles. The molecule has 2 rings (SSSR count). The summed E-state index contributed by atoms with van der Waals surface area (Å²) in [7, 11) is 0. The summed E-state index contributed by atoms with van der Waals surface area (Å²) >= 11 is 3.16. The molecule has 0 aliphatic carbocycles. The number of carbonyl (C=O) groups is 2. The van der Waals surface area contributed by atoms with Crippen molar-refractivity contribution < 1.29 is 18.7 Å². The first-order valence-corrected chi connectivity index (χ1v) is 8.77. The molecular formula is C19H19BrFNO3. The van der Waals surface area contributed by atoms with Gasteiger partial charge in [0.15, 0.2) is 6.61 Å². The third-order valence-electron chi connectivity index (χ3n) is 3.60. The first kappa shape index (κ1) is 19.1. The highest BCUT2D eigenvalue weighted by atomic mass is 79.9. The van der Waals surface area contributed by atoms with E-state index in [1.165, 1.54) is 12.1 Å². The van der Waals surface area contributed by atoms with Crippen LogP contribution in [0.3, 0.4) is 0 Å². The predicted octanol–water partition coefficient (Wildman–Crippen LogP) is 4.40. The van der Waals surface area contributed by atoms with Crippen LogP contribution in [0.5, 0.6) is 0 Å². The van der Waals surface area contributed by atoms with Gasteiger partial charge in [-0.1, -0.05) is 43.7 Å². The number of hydrogen-bond donors (Lipinski definition) is 1. The third-order valence-corrected chi connectivity index (χ3v) is 4.29. The van der Waals surface area contributed by atoms with Crippen LogP contribution in [0.1, 0.15) is 41.7 Å². The minimum absolute atomic E-state index is 0.0426. The van der Waals surface area contributed by atoms with Crippen LogP contribution >= 0.6 is 15.9 Å². The standard InChI is InChI=1S/C19H19BrFNO3/c1-2-6-17(13-7-4-3-5-8-13)22-18(23)12-25-19(24)15-11-14(21)9-10-16(15)20/h3-5,7-11,17H,2,6,12H2,1H3,(H,22,23)/t17-/m1/s1. The molecule has 0 saturated carbocycles. The fourth-order valence-electron chi connectivity index (χ4n) is 2.39. The van der Waals surface area contributed by atoms with E-state index >= 15 is 0 Å². The molecule has 1 N–H and O–H groups in total. The van der Waals surface area contributed by atoms with Crippen LogP contribution in [0.15, 0.2) is 53.0 Å². The first-order chi connectivity index (χ1) is 12.0. The van der Waals surface area contributed by atoms with Crippen molar-refractivity contribution in [2.24, 2.45) is 0 Å². The van der Waals surface area contributed by atoms with E-state index in [0.29, 0.717) is 4.47 Å². The highest BCUT2D eigenvalue weighted by molar-refractivity contribution is 9.10. The lowest BCUT2D eigenvalue weighted by Gasteiger charge is -2.18. The molecule has 0 aromatic heterocycles. The van der Waals surface area contributed by atoms with Crippen molar-refractivity contribution in [3.05, 3.63) is 69.9 Å². The molecule has 0 unspecified atom stereocenters. The Morgan fingerprint density at radius 2 is 1.92 bits per heavy atom. The lowest BCUT2D eigenvalue weighted by Crippen LogP contribution is -2.32. The maximum atomic E-state index is 13.2. The monoisotopic (exact) mass is 407 g/mol. The summed E-state index contributed by atoms with van der Waals surface area (Å²) in [5, 5.41) is 2.87.